The molecule has 1 N–H and O–H groups in total. The molecule has 148 valence electrons. The summed E-state index contributed by atoms with van der Waals surface area (Å²) < 4.78 is 28.8. The predicted molar refractivity (Wildman–Crippen MR) is 114 cm³/mol. The van der Waals surface area contributed by atoms with Gasteiger partial charge >= 0.3 is 0 Å². The highest BCUT2D eigenvalue weighted by Gasteiger charge is 2.50. The lowest BCUT2D eigenvalue weighted by molar-refractivity contribution is -0.120. The van der Waals surface area contributed by atoms with Crippen LogP contribution in [-0.2, 0) is 4.79 Å². The Kier molecular flexibility index (Phi) is 4.45. The maximum absolute atomic E-state index is 14.7. The predicted octanol–water partition coefficient (Wildman–Crippen LogP) is 3.96. The smallest absolute Gasteiger partial charge is 0.259 e. The molecule has 1 fully saturated rings. The normalized spacial score (nSPS) is 16.6. The Labute approximate surface area is 176 Å². The summed E-state index contributed by atoms with van der Waals surface area (Å²) >= 11 is 5.56. The average molecular weight is 412 g/mol. The minimum atomic E-state index is -1.62. The van der Waals surface area contributed by atoms with Gasteiger partial charge in [-0.2, -0.15) is 0 Å². The fourth-order valence-electron chi connectivity index (χ4n) is 3.27. The SMILES string of the molecule is [2H]C([2H])NC(=O)c1ccc(N2C(=S)N(c3ccc([N+]#[C-])c(C)c3)C(=O)C2(C)C)cc1F. The molecule has 3 rings (SSSR count). The number of amides is 2. The molecule has 2 aromatic rings. The third-order valence-electron chi connectivity index (χ3n) is 4.81. The van der Waals surface area contributed by atoms with Crippen LogP contribution in [0.5, 0.6) is 0 Å². The van der Waals surface area contributed by atoms with Gasteiger partial charge in [0.25, 0.3) is 11.8 Å². The first kappa shape index (κ1) is 17.8. The summed E-state index contributed by atoms with van der Waals surface area (Å²) in [6.45, 7) is 10.6. The molecule has 0 aromatic heterocycles. The number of carbonyl (C=O) groups is 2. The topological polar surface area (TPSA) is 57.0 Å². The van der Waals surface area contributed by atoms with Crippen LogP contribution >= 0.6 is 12.2 Å². The van der Waals surface area contributed by atoms with E-state index in [2.05, 4.69) is 4.85 Å². The third-order valence-corrected chi connectivity index (χ3v) is 5.18. The summed E-state index contributed by atoms with van der Waals surface area (Å²) in [6.07, 6.45) is 0. The number of rotatable bonds is 3. The largest absolute Gasteiger partial charge is 0.355 e. The van der Waals surface area contributed by atoms with Gasteiger partial charge in [-0.25, -0.2) is 9.24 Å². The molecule has 0 unspecified atom stereocenters. The Morgan fingerprint density at radius 2 is 1.97 bits per heavy atom. The van der Waals surface area contributed by atoms with Crippen LogP contribution < -0.4 is 15.1 Å². The van der Waals surface area contributed by atoms with Crippen molar-refractivity contribution in [3.8, 4) is 0 Å². The van der Waals surface area contributed by atoms with Gasteiger partial charge in [0.15, 0.2) is 10.8 Å². The Bertz CT molecular complexity index is 1150. The maximum Gasteiger partial charge on any atom is 0.259 e. The van der Waals surface area contributed by atoms with E-state index in [4.69, 9.17) is 21.5 Å². The van der Waals surface area contributed by atoms with Crippen molar-refractivity contribution in [3.05, 3.63) is 64.8 Å². The summed E-state index contributed by atoms with van der Waals surface area (Å²) in [6, 6.07) is 8.72. The number of hydrogen-bond donors (Lipinski definition) is 1. The van der Waals surface area contributed by atoms with Crippen molar-refractivity contribution in [2.45, 2.75) is 26.3 Å². The fraction of sp³-hybridized carbons (Fsp3) is 0.238. The van der Waals surface area contributed by atoms with Crippen molar-refractivity contribution >= 4 is 46.2 Å². The number of hydrogen-bond acceptors (Lipinski definition) is 3. The van der Waals surface area contributed by atoms with Crippen molar-refractivity contribution in [1.29, 1.82) is 0 Å². The first-order chi connectivity index (χ1) is 14.5. The lowest BCUT2D eigenvalue weighted by Crippen LogP contribution is -2.44. The lowest BCUT2D eigenvalue weighted by atomic mass is 10.0. The molecule has 8 heteroatoms. The molecule has 1 aliphatic rings. The minimum absolute atomic E-state index is 0.138. The number of nitrogens with one attached hydrogen (secondary N) is 1. The summed E-state index contributed by atoms with van der Waals surface area (Å²) in [5, 5.41) is 2.13. The molecule has 0 spiro atoms. The molecule has 0 aliphatic carbocycles. The van der Waals surface area contributed by atoms with Gasteiger partial charge in [-0.1, -0.05) is 6.07 Å². The van der Waals surface area contributed by atoms with E-state index in [1.165, 1.54) is 21.9 Å². The minimum Gasteiger partial charge on any atom is -0.355 e. The molecule has 0 saturated carbocycles. The molecule has 0 bridgehead atoms. The van der Waals surface area contributed by atoms with E-state index in [9.17, 15) is 14.0 Å². The molecule has 2 aromatic carbocycles. The van der Waals surface area contributed by atoms with E-state index in [1.807, 2.05) is 5.32 Å². The quantitative estimate of drug-likeness (QED) is 0.612. The summed E-state index contributed by atoms with van der Waals surface area (Å²) in [7, 11) is 0. The maximum atomic E-state index is 14.7. The van der Waals surface area contributed by atoms with Gasteiger partial charge in [0, 0.05) is 21.1 Å². The molecule has 1 aliphatic heterocycles. The number of thiocarbonyl (C=S) groups is 1. The van der Waals surface area contributed by atoms with Crippen LogP contribution in [0.25, 0.3) is 4.85 Å². The molecule has 6 nitrogen and oxygen atoms in total. The van der Waals surface area contributed by atoms with Gasteiger partial charge in [-0.3, -0.25) is 14.5 Å². The van der Waals surface area contributed by atoms with Gasteiger partial charge in [0.05, 0.1) is 12.1 Å². The number of nitrogens with zero attached hydrogens (tertiary/aromatic N) is 3. The molecule has 1 saturated heterocycles. The Morgan fingerprint density at radius 3 is 2.55 bits per heavy atom. The van der Waals surface area contributed by atoms with E-state index in [0.717, 1.165) is 6.07 Å². The van der Waals surface area contributed by atoms with E-state index >= 15 is 0 Å². The molecule has 29 heavy (non-hydrogen) atoms. The van der Waals surface area contributed by atoms with Crippen LogP contribution in [0.2, 0.25) is 0 Å². The van der Waals surface area contributed by atoms with Crippen LogP contribution in [0.15, 0.2) is 36.4 Å². The van der Waals surface area contributed by atoms with Crippen molar-refractivity contribution in [3.63, 3.8) is 0 Å². The molecular weight excluding hydrogens is 391 g/mol. The summed E-state index contributed by atoms with van der Waals surface area (Å²) in [4.78, 5) is 31.4. The summed E-state index contributed by atoms with van der Waals surface area (Å²) in [5.41, 5.74) is 0.503. The Morgan fingerprint density at radius 1 is 1.28 bits per heavy atom. The second-order valence-corrected chi connectivity index (χ2v) is 7.40. The number of anilines is 2. The number of halogens is 1. The highest BCUT2D eigenvalue weighted by atomic mass is 32.1. The number of aryl methyl sites for hydroxylation is 1. The zero-order valence-electron chi connectivity index (χ0n) is 18.0. The van der Waals surface area contributed by atoms with Gasteiger partial charge < -0.3 is 10.2 Å². The van der Waals surface area contributed by atoms with Crippen LogP contribution in [0.3, 0.4) is 0 Å². The Balaban J connectivity index is 2.01. The highest BCUT2D eigenvalue weighted by Crippen LogP contribution is 2.37. The second kappa shape index (κ2) is 7.26. The van der Waals surface area contributed by atoms with E-state index < -0.39 is 24.3 Å². The van der Waals surface area contributed by atoms with Crippen LogP contribution in [-0.4, -0.2) is 29.5 Å². The average Bonchev–Trinajstić information content (AvgIpc) is 2.85. The second-order valence-electron chi connectivity index (χ2n) is 7.04. The fourth-order valence-corrected chi connectivity index (χ4v) is 3.79. The van der Waals surface area contributed by atoms with Gasteiger partial charge in [0.2, 0.25) is 0 Å². The first-order valence-electron chi connectivity index (χ1n) is 9.76. The van der Waals surface area contributed by atoms with Gasteiger partial charge in [-0.05, 0) is 68.9 Å². The van der Waals surface area contributed by atoms with E-state index in [-0.39, 0.29) is 22.3 Å². The monoisotopic (exact) mass is 412 g/mol. The van der Waals surface area contributed by atoms with E-state index in [1.54, 1.807) is 39.0 Å². The van der Waals surface area contributed by atoms with Gasteiger partial charge in [0.1, 0.15) is 11.4 Å². The lowest BCUT2D eigenvalue weighted by Gasteiger charge is -2.29. The zero-order chi connectivity index (χ0) is 23.1. The van der Waals surface area contributed by atoms with E-state index in [0.29, 0.717) is 16.9 Å². The van der Waals surface area contributed by atoms with Crippen LogP contribution in [0, 0.1) is 19.3 Å². The molecule has 1 heterocycles. The third kappa shape index (κ3) is 3.23. The molecule has 0 atom stereocenters. The van der Waals surface area contributed by atoms with Crippen molar-refractivity contribution in [2.24, 2.45) is 0 Å². The Hall–Kier alpha value is -3.31. The van der Waals surface area contributed by atoms with Gasteiger partial charge in [-0.15, -0.1) is 0 Å². The number of benzene rings is 2. The molecule has 2 amide bonds. The summed E-state index contributed by atoms with van der Waals surface area (Å²) in [5.74, 6) is -2.06. The van der Waals surface area contributed by atoms with Crippen molar-refractivity contribution in [2.75, 3.05) is 16.8 Å². The van der Waals surface area contributed by atoms with Crippen molar-refractivity contribution < 1.29 is 16.7 Å². The van der Waals surface area contributed by atoms with Crippen LogP contribution in [0.1, 0.15) is 32.5 Å². The van der Waals surface area contributed by atoms with Crippen molar-refractivity contribution in [1.82, 2.24) is 5.32 Å². The standard InChI is InChI=1S/C21H19FN4O2S/c1-12-10-13(7-9-17(12)23-4)25-19(28)21(2,3)26(20(25)29)14-6-8-15(16(22)11-14)18(27)24-5/h6-11H,1-3,5H3,(H,24,27)/i5D2. The molecular formula is C21H19FN4O2S. The molecule has 0 radical (unpaired) electrons. The first-order valence-corrected chi connectivity index (χ1v) is 9.01. The zero-order valence-corrected chi connectivity index (χ0v) is 16.8. The highest BCUT2D eigenvalue weighted by molar-refractivity contribution is 7.81. The number of carbonyl (C=O) groups excluding carboxylic acids is 2. The van der Waals surface area contributed by atoms with Crippen LogP contribution in [0.4, 0.5) is 21.5 Å².